The van der Waals surface area contributed by atoms with Crippen LogP contribution in [0.25, 0.3) is 0 Å². The van der Waals surface area contributed by atoms with Gasteiger partial charge in [-0.3, -0.25) is 0 Å². The van der Waals surface area contributed by atoms with Gasteiger partial charge in [-0.15, -0.1) is 0 Å². The van der Waals surface area contributed by atoms with Crippen molar-refractivity contribution in [3.05, 3.63) is 6.07 Å². The molecule has 0 aromatic carbocycles. The third-order valence-electron chi connectivity index (χ3n) is 4.12. The highest BCUT2D eigenvalue weighted by molar-refractivity contribution is 5.37. The zero-order chi connectivity index (χ0) is 20.0. The van der Waals surface area contributed by atoms with E-state index in [9.17, 15) is 0 Å². The lowest BCUT2D eigenvalue weighted by molar-refractivity contribution is 0.00341. The molecule has 0 unspecified atom stereocenters. The number of aliphatic hydroxyl groups is 1. The zero-order valence-corrected chi connectivity index (χ0v) is 16.8. The minimum atomic E-state index is 0.0260. The van der Waals surface area contributed by atoms with Crippen LogP contribution in [0.4, 0.5) is 5.95 Å². The molecule has 1 N–H and O–H groups in total. The fourth-order valence-corrected chi connectivity index (χ4v) is 2.53. The second kappa shape index (κ2) is 13.5. The van der Waals surface area contributed by atoms with Gasteiger partial charge in [0.25, 0.3) is 0 Å². The van der Waals surface area contributed by atoms with Gasteiger partial charge in [-0.1, -0.05) is 0 Å². The highest BCUT2D eigenvalue weighted by Crippen LogP contribution is 2.21. The van der Waals surface area contributed by atoms with Crippen LogP contribution < -0.4 is 14.4 Å². The summed E-state index contributed by atoms with van der Waals surface area (Å²) in [4.78, 5) is 13.3. The van der Waals surface area contributed by atoms with Gasteiger partial charge < -0.3 is 38.6 Å². The van der Waals surface area contributed by atoms with Gasteiger partial charge in [-0.25, -0.2) is 0 Å². The quantitative estimate of drug-likeness (QED) is 0.418. The lowest BCUT2D eigenvalue weighted by atomic mass is 10.3. The highest BCUT2D eigenvalue weighted by atomic mass is 16.6. The molecular weight excluding hydrogens is 368 g/mol. The molecule has 1 saturated heterocycles. The maximum absolute atomic E-state index is 8.58. The summed E-state index contributed by atoms with van der Waals surface area (Å²) in [5.74, 6) is 1.58. The van der Waals surface area contributed by atoms with E-state index < -0.39 is 0 Å². The molecule has 0 bridgehead atoms. The van der Waals surface area contributed by atoms with Gasteiger partial charge in [-0.2, -0.15) is 9.97 Å². The molecule has 28 heavy (non-hydrogen) atoms. The Kier molecular flexibility index (Phi) is 10.8. The van der Waals surface area contributed by atoms with Crippen LogP contribution in [0, 0.1) is 0 Å². The fraction of sp³-hybridized carbons (Fsp3) is 0.778. The maximum atomic E-state index is 8.58. The van der Waals surface area contributed by atoms with Crippen molar-refractivity contribution < 1.29 is 28.8 Å². The lowest BCUT2D eigenvalue weighted by Crippen LogP contribution is -2.45. The van der Waals surface area contributed by atoms with E-state index in [0.717, 1.165) is 26.2 Å². The largest absolute Gasteiger partial charge is 0.481 e. The van der Waals surface area contributed by atoms with E-state index in [0.29, 0.717) is 64.0 Å². The fourth-order valence-electron chi connectivity index (χ4n) is 2.53. The van der Waals surface area contributed by atoms with Crippen molar-refractivity contribution in [2.24, 2.45) is 0 Å². The van der Waals surface area contributed by atoms with Crippen molar-refractivity contribution in [3.63, 3.8) is 0 Å². The summed E-state index contributed by atoms with van der Waals surface area (Å²) in [5.41, 5.74) is 0. The van der Waals surface area contributed by atoms with Crippen molar-refractivity contribution >= 4 is 5.95 Å². The maximum Gasteiger partial charge on any atom is 0.232 e. The molecule has 2 heterocycles. The summed E-state index contributed by atoms with van der Waals surface area (Å²) in [5, 5.41) is 8.58. The second-order valence-electron chi connectivity index (χ2n) is 6.25. The molecule has 0 spiro atoms. The molecule has 10 nitrogen and oxygen atoms in total. The number of nitrogens with zero attached hydrogens (tertiary/aromatic N) is 4. The van der Waals surface area contributed by atoms with Crippen LogP contribution in [0.1, 0.15) is 0 Å². The van der Waals surface area contributed by atoms with E-state index in [4.69, 9.17) is 28.8 Å². The Balaban J connectivity index is 1.64. The van der Waals surface area contributed by atoms with Gasteiger partial charge in [0.2, 0.25) is 17.7 Å². The van der Waals surface area contributed by atoms with Gasteiger partial charge >= 0.3 is 0 Å². The summed E-state index contributed by atoms with van der Waals surface area (Å²) < 4.78 is 26.9. The van der Waals surface area contributed by atoms with Gasteiger partial charge in [0, 0.05) is 26.2 Å². The minimum absolute atomic E-state index is 0.0260. The summed E-state index contributed by atoms with van der Waals surface area (Å²) in [6.07, 6.45) is 0. The standard InChI is InChI=1S/C18H32N4O6/c1-21-3-5-22(6-4-21)18-19-16(24-2)15-17(20-18)28-14-13-27-12-11-26-10-9-25-8-7-23/h15,23H,3-14H2,1-2H3. The Labute approximate surface area is 166 Å². The van der Waals surface area contributed by atoms with E-state index in [2.05, 4.69) is 26.8 Å². The van der Waals surface area contributed by atoms with E-state index in [1.165, 1.54) is 0 Å². The number of likely N-dealkylation sites (N-methyl/N-ethyl adjacent to an activating group) is 1. The predicted octanol–water partition coefficient (Wildman–Crippen LogP) is -0.342. The number of hydrogen-bond donors (Lipinski definition) is 1. The summed E-state index contributed by atoms with van der Waals surface area (Å²) in [6, 6.07) is 1.68. The molecule has 0 atom stereocenters. The number of ether oxygens (including phenoxy) is 5. The van der Waals surface area contributed by atoms with Gasteiger partial charge in [0.05, 0.1) is 59.4 Å². The van der Waals surface area contributed by atoms with Crippen LogP contribution in [-0.2, 0) is 14.2 Å². The molecule has 1 fully saturated rings. The Morgan fingerprint density at radius 2 is 1.43 bits per heavy atom. The predicted molar refractivity (Wildman–Crippen MR) is 103 cm³/mol. The van der Waals surface area contributed by atoms with Crippen molar-refractivity contribution in [2.45, 2.75) is 0 Å². The monoisotopic (exact) mass is 400 g/mol. The van der Waals surface area contributed by atoms with E-state index >= 15 is 0 Å². The average molecular weight is 400 g/mol. The first-order chi connectivity index (χ1) is 13.7. The molecule has 0 saturated carbocycles. The molecule has 1 aliphatic rings. The third kappa shape index (κ3) is 8.53. The average Bonchev–Trinajstić information content (AvgIpc) is 2.72. The molecule has 2 rings (SSSR count). The number of hydrogen-bond acceptors (Lipinski definition) is 10. The van der Waals surface area contributed by atoms with Crippen molar-refractivity contribution in [3.8, 4) is 11.8 Å². The Morgan fingerprint density at radius 1 is 0.857 bits per heavy atom. The first-order valence-electron chi connectivity index (χ1n) is 9.56. The molecule has 10 heteroatoms. The highest BCUT2D eigenvalue weighted by Gasteiger charge is 2.18. The van der Waals surface area contributed by atoms with Crippen LogP contribution in [0.2, 0.25) is 0 Å². The normalized spacial score (nSPS) is 15.0. The van der Waals surface area contributed by atoms with Crippen LogP contribution in [-0.4, -0.2) is 113 Å². The summed E-state index contributed by atoms with van der Waals surface area (Å²) >= 11 is 0. The molecule has 160 valence electrons. The minimum Gasteiger partial charge on any atom is -0.481 e. The second-order valence-corrected chi connectivity index (χ2v) is 6.25. The smallest absolute Gasteiger partial charge is 0.232 e. The van der Waals surface area contributed by atoms with Crippen molar-refractivity contribution in [1.82, 2.24) is 14.9 Å². The molecule has 0 aliphatic carbocycles. The van der Waals surface area contributed by atoms with Crippen LogP contribution >= 0.6 is 0 Å². The Hall–Kier alpha value is -1.72. The number of rotatable bonds is 14. The molecule has 0 amide bonds. The van der Waals surface area contributed by atoms with Crippen molar-refractivity contribution in [1.29, 1.82) is 0 Å². The van der Waals surface area contributed by atoms with Crippen LogP contribution in [0.5, 0.6) is 11.8 Å². The van der Waals surface area contributed by atoms with E-state index in [-0.39, 0.29) is 6.61 Å². The molecule has 0 radical (unpaired) electrons. The molecular formula is C18H32N4O6. The molecule has 1 aromatic heterocycles. The number of aromatic nitrogens is 2. The van der Waals surface area contributed by atoms with Crippen molar-refractivity contribution in [2.75, 3.05) is 98.1 Å². The van der Waals surface area contributed by atoms with Crippen LogP contribution in [0.3, 0.4) is 0 Å². The number of methoxy groups -OCH3 is 1. The number of aliphatic hydroxyl groups excluding tert-OH is 1. The topological polar surface area (TPSA) is 98.6 Å². The van der Waals surface area contributed by atoms with E-state index in [1.807, 2.05) is 0 Å². The molecule has 1 aromatic rings. The third-order valence-corrected chi connectivity index (χ3v) is 4.12. The Bertz CT molecular complexity index is 543. The first kappa shape index (κ1) is 22.6. The summed E-state index contributed by atoms with van der Waals surface area (Å²) in [6.45, 7) is 6.77. The number of piperazine rings is 1. The van der Waals surface area contributed by atoms with Gasteiger partial charge in [-0.05, 0) is 7.05 Å². The molecule has 1 aliphatic heterocycles. The van der Waals surface area contributed by atoms with Gasteiger partial charge in [0.1, 0.15) is 6.61 Å². The van der Waals surface area contributed by atoms with Crippen LogP contribution in [0.15, 0.2) is 6.07 Å². The SMILES string of the molecule is COc1cc(OCCOCCOCCOCCO)nc(N2CCN(C)CC2)n1. The zero-order valence-electron chi connectivity index (χ0n) is 16.8. The Morgan fingerprint density at radius 3 is 2.04 bits per heavy atom. The number of anilines is 1. The van der Waals surface area contributed by atoms with Gasteiger partial charge in [0.15, 0.2) is 0 Å². The summed E-state index contributed by atoms with van der Waals surface area (Å²) in [7, 11) is 3.69. The lowest BCUT2D eigenvalue weighted by Gasteiger charge is -2.32. The first-order valence-corrected chi connectivity index (χ1v) is 9.56. The van der Waals surface area contributed by atoms with E-state index in [1.54, 1.807) is 13.2 Å².